The van der Waals surface area contributed by atoms with Gasteiger partial charge in [-0.3, -0.25) is 4.90 Å². The maximum absolute atomic E-state index is 10.8. The fourth-order valence-electron chi connectivity index (χ4n) is 2.91. The number of hydrogen-bond acceptors (Lipinski definition) is 5. The molecule has 2 rings (SSSR count). The first kappa shape index (κ1) is 18.0. The highest BCUT2D eigenvalue weighted by molar-refractivity contribution is 5.52. The van der Waals surface area contributed by atoms with E-state index in [2.05, 4.69) is 31.0 Å². The number of rotatable bonds is 5. The predicted octanol–water partition coefficient (Wildman–Crippen LogP) is 1.94. The van der Waals surface area contributed by atoms with E-state index in [-0.39, 0.29) is 5.41 Å². The average molecular weight is 322 g/mol. The van der Waals surface area contributed by atoms with Gasteiger partial charge in [-0.05, 0) is 23.1 Å². The van der Waals surface area contributed by atoms with Crippen LogP contribution >= 0.6 is 0 Å². The maximum Gasteiger partial charge on any atom is 0.166 e. The van der Waals surface area contributed by atoms with Crippen LogP contribution in [0.4, 0.5) is 0 Å². The molecule has 1 aromatic rings. The van der Waals surface area contributed by atoms with Crippen LogP contribution in [-0.2, 0) is 5.41 Å². The summed E-state index contributed by atoms with van der Waals surface area (Å²) < 4.78 is 11.0. The van der Waals surface area contributed by atoms with Gasteiger partial charge in [-0.2, -0.15) is 0 Å². The van der Waals surface area contributed by atoms with Gasteiger partial charge < -0.3 is 19.9 Å². The number of aliphatic hydroxyl groups excluding tert-OH is 1. The Hall–Kier alpha value is -1.30. The molecule has 1 aromatic carbocycles. The summed E-state index contributed by atoms with van der Waals surface area (Å²) in [6.45, 7) is 10.9. The Balaban J connectivity index is 2.33. The Bertz CT molecular complexity index is 520. The molecule has 0 bridgehead atoms. The van der Waals surface area contributed by atoms with Crippen LogP contribution in [-0.4, -0.2) is 56.9 Å². The molecule has 0 aromatic heterocycles. The number of aliphatic hydroxyl groups is 1. The highest BCUT2D eigenvalue weighted by Crippen LogP contribution is 2.39. The van der Waals surface area contributed by atoms with Crippen molar-refractivity contribution < 1.29 is 14.6 Å². The molecule has 1 atom stereocenters. The third-order valence-corrected chi connectivity index (χ3v) is 4.37. The first-order valence-electron chi connectivity index (χ1n) is 8.24. The van der Waals surface area contributed by atoms with Crippen molar-refractivity contribution in [2.45, 2.75) is 32.3 Å². The molecule has 5 nitrogen and oxygen atoms in total. The molecule has 0 aliphatic carbocycles. The van der Waals surface area contributed by atoms with Crippen molar-refractivity contribution in [2.75, 3.05) is 46.9 Å². The molecule has 1 unspecified atom stereocenters. The molecule has 0 amide bonds. The number of β-amino-alcohol motifs (C(OH)–C–C–N with tert-alkyl or cyclic N) is 1. The largest absolute Gasteiger partial charge is 0.493 e. The van der Waals surface area contributed by atoms with Crippen LogP contribution in [0.1, 0.15) is 38.0 Å². The minimum atomic E-state index is -0.598. The highest BCUT2D eigenvalue weighted by Gasteiger charge is 2.25. The smallest absolute Gasteiger partial charge is 0.166 e. The lowest BCUT2D eigenvalue weighted by Gasteiger charge is -2.30. The maximum atomic E-state index is 10.8. The Morgan fingerprint density at radius 3 is 2.35 bits per heavy atom. The van der Waals surface area contributed by atoms with Gasteiger partial charge in [-0.15, -0.1) is 0 Å². The molecule has 0 spiro atoms. The average Bonchev–Trinajstić information content (AvgIpc) is 2.53. The third-order valence-electron chi connectivity index (χ3n) is 4.37. The molecule has 23 heavy (non-hydrogen) atoms. The molecular weight excluding hydrogens is 292 g/mol. The van der Waals surface area contributed by atoms with E-state index in [1.807, 2.05) is 12.1 Å². The molecule has 1 fully saturated rings. The SMILES string of the molecule is COc1cc(C(C)(C)C)cc(C(O)CN2CCNCC2)c1OC. The van der Waals surface area contributed by atoms with Gasteiger partial charge in [0.05, 0.1) is 20.3 Å². The fraction of sp³-hybridized carbons (Fsp3) is 0.667. The summed E-state index contributed by atoms with van der Waals surface area (Å²) in [6.07, 6.45) is -0.598. The van der Waals surface area contributed by atoms with Crippen molar-refractivity contribution in [2.24, 2.45) is 0 Å². The Labute approximate surface area is 139 Å². The molecule has 1 heterocycles. The highest BCUT2D eigenvalue weighted by atomic mass is 16.5. The second kappa shape index (κ2) is 7.51. The minimum absolute atomic E-state index is 0.0247. The Morgan fingerprint density at radius 1 is 1.17 bits per heavy atom. The number of hydrogen-bond donors (Lipinski definition) is 2. The van der Waals surface area contributed by atoms with Gasteiger partial charge in [0.1, 0.15) is 0 Å². The number of benzene rings is 1. The standard InChI is InChI=1S/C18H30N2O3/c1-18(2,3)13-10-14(17(23-5)16(11-13)22-4)15(21)12-20-8-6-19-7-9-20/h10-11,15,19,21H,6-9,12H2,1-5H3. The van der Waals surface area contributed by atoms with E-state index < -0.39 is 6.10 Å². The number of piperazine rings is 1. The minimum Gasteiger partial charge on any atom is -0.493 e. The zero-order valence-electron chi connectivity index (χ0n) is 15.0. The monoisotopic (exact) mass is 322 g/mol. The molecule has 1 aliphatic rings. The van der Waals surface area contributed by atoms with Gasteiger partial charge >= 0.3 is 0 Å². The molecular formula is C18H30N2O3. The van der Waals surface area contributed by atoms with Gasteiger partial charge in [0.2, 0.25) is 0 Å². The number of nitrogens with zero attached hydrogens (tertiary/aromatic N) is 1. The van der Waals surface area contributed by atoms with E-state index in [1.54, 1.807) is 14.2 Å². The van der Waals surface area contributed by atoms with Gasteiger partial charge in [-0.1, -0.05) is 20.8 Å². The van der Waals surface area contributed by atoms with Crippen LogP contribution in [0.5, 0.6) is 11.5 Å². The van der Waals surface area contributed by atoms with Gasteiger partial charge in [0, 0.05) is 38.3 Å². The second-order valence-electron chi connectivity index (χ2n) is 7.12. The summed E-state index contributed by atoms with van der Waals surface area (Å²) in [6, 6.07) is 4.05. The molecule has 1 saturated heterocycles. The number of methoxy groups -OCH3 is 2. The summed E-state index contributed by atoms with van der Waals surface area (Å²) in [5.74, 6) is 1.30. The normalized spacial score (nSPS) is 17.8. The fourth-order valence-corrected chi connectivity index (χ4v) is 2.91. The lowest BCUT2D eigenvalue weighted by molar-refractivity contribution is 0.103. The summed E-state index contributed by atoms with van der Waals surface area (Å²) in [7, 11) is 3.26. The summed E-state index contributed by atoms with van der Waals surface area (Å²) in [5, 5.41) is 14.1. The molecule has 2 N–H and O–H groups in total. The van der Waals surface area contributed by atoms with Crippen LogP contribution < -0.4 is 14.8 Å². The van der Waals surface area contributed by atoms with Crippen molar-refractivity contribution >= 4 is 0 Å². The zero-order chi connectivity index (χ0) is 17.0. The van der Waals surface area contributed by atoms with Crippen molar-refractivity contribution in [3.63, 3.8) is 0 Å². The van der Waals surface area contributed by atoms with E-state index in [9.17, 15) is 5.11 Å². The van der Waals surface area contributed by atoms with Crippen molar-refractivity contribution in [1.82, 2.24) is 10.2 Å². The van der Waals surface area contributed by atoms with Crippen LogP contribution in [0.3, 0.4) is 0 Å². The predicted molar refractivity (Wildman–Crippen MR) is 92.5 cm³/mol. The van der Waals surface area contributed by atoms with E-state index in [4.69, 9.17) is 9.47 Å². The summed E-state index contributed by atoms with van der Waals surface area (Å²) in [4.78, 5) is 2.27. The zero-order valence-corrected chi connectivity index (χ0v) is 15.0. The van der Waals surface area contributed by atoms with Crippen LogP contribution in [0, 0.1) is 0 Å². The number of ether oxygens (including phenoxy) is 2. The Kier molecular flexibility index (Phi) is 5.89. The quantitative estimate of drug-likeness (QED) is 0.868. The lowest BCUT2D eigenvalue weighted by Crippen LogP contribution is -2.45. The van der Waals surface area contributed by atoms with E-state index in [1.165, 1.54) is 0 Å². The molecule has 1 aliphatic heterocycles. The van der Waals surface area contributed by atoms with Crippen molar-refractivity contribution in [1.29, 1.82) is 0 Å². The molecule has 5 heteroatoms. The first-order chi connectivity index (χ1) is 10.9. The van der Waals surface area contributed by atoms with Crippen LogP contribution in [0.2, 0.25) is 0 Å². The Morgan fingerprint density at radius 2 is 1.83 bits per heavy atom. The van der Waals surface area contributed by atoms with Crippen LogP contribution in [0.15, 0.2) is 12.1 Å². The molecule has 0 radical (unpaired) electrons. The van der Waals surface area contributed by atoms with Crippen molar-refractivity contribution in [3.8, 4) is 11.5 Å². The molecule has 130 valence electrons. The van der Waals surface area contributed by atoms with E-state index >= 15 is 0 Å². The topological polar surface area (TPSA) is 54.0 Å². The van der Waals surface area contributed by atoms with Crippen LogP contribution in [0.25, 0.3) is 0 Å². The van der Waals surface area contributed by atoms with Gasteiger partial charge in [-0.25, -0.2) is 0 Å². The molecule has 0 saturated carbocycles. The van der Waals surface area contributed by atoms with E-state index in [0.29, 0.717) is 18.0 Å². The van der Waals surface area contributed by atoms with Gasteiger partial charge in [0.15, 0.2) is 11.5 Å². The number of nitrogens with one attached hydrogen (secondary N) is 1. The summed E-state index contributed by atoms with van der Waals surface area (Å²) >= 11 is 0. The third kappa shape index (κ3) is 4.37. The van der Waals surface area contributed by atoms with E-state index in [0.717, 1.165) is 37.3 Å². The van der Waals surface area contributed by atoms with Gasteiger partial charge in [0.25, 0.3) is 0 Å². The lowest BCUT2D eigenvalue weighted by atomic mass is 9.85. The van der Waals surface area contributed by atoms with Crippen molar-refractivity contribution in [3.05, 3.63) is 23.3 Å². The first-order valence-corrected chi connectivity index (χ1v) is 8.24. The second-order valence-corrected chi connectivity index (χ2v) is 7.12. The summed E-state index contributed by atoms with van der Waals surface area (Å²) in [5.41, 5.74) is 1.91.